The highest BCUT2D eigenvalue weighted by atomic mass is 32.2. The molecule has 0 spiro atoms. The van der Waals surface area contributed by atoms with Gasteiger partial charge in [0.15, 0.2) is 0 Å². The molecule has 0 saturated heterocycles. The van der Waals surface area contributed by atoms with Crippen LogP contribution in [0.2, 0.25) is 0 Å². The van der Waals surface area contributed by atoms with Crippen molar-refractivity contribution in [1.82, 2.24) is 0 Å². The topological polar surface area (TPSA) is 80.4 Å². The van der Waals surface area contributed by atoms with Crippen LogP contribution in [0, 0.1) is 16.0 Å². The van der Waals surface area contributed by atoms with E-state index in [1.165, 1.54) is 30.0 Å². The van der Waals surface area contributed by atoms with Crippen LogP contribution in [0.3, 0.4) is 0 Å². The van der Waals surface area contributed by atoms with Gasteiger partial charge in [0.1, 0.15) is 0 Å². The Morgan fingerprint density at radius 1 is 1.53 bits per heavy atom. The molecule has 0 aliphatic heterocycles. The summed E-state index contributed by atoms with van der Waals surface area (Å²) in [5, 5.41) is 19.8. The number of carboxylic acids is 1. The van der Waals surface area contributed by atoms with Crippen LogP contribution < -0.4 is 0 Å². The number of hydrogen-bond acceptors (Lipinski definition) is 4. The first-order chi connectivity index (χ1) is 7.93. The van der Waals surface area contributed by atoms with Gasteiger partial charge in [0, 0.05) is 11.8 Å². The van der Waals surface area contributed by atoms with Crippen molar-refractivity contribution in [3.05, 3.63) is 33.9 Å². The van der Waals surface area contributed by atoms with Gasteiger partial charge in [-0.1, -0.05) is 19.9 Å². The van der Waals surface area contributed by atoms with Gasteiger partial charge >= 0.3 is 5.97 Å². The van der Waals surface area contributed by atoms with Crippen LogP contribution in [0.5, 0.6) is 0 Å². The Morgan fingerprint density at radius 2 is 2.18 bits per heavy atom. The van der Waals surface area contributed by atoms with Crippen LogP contribution in [0.25, 0.3) is 0 Å². The zero-order valence-corrected chi connectivity index (χ0v) is 10.4. The number of aromatic carboxylic acids is 1. The van der Waals surface area contributed by atoms with Gasteiger partial charge in [0.25, 0.3) is 5.69 Å². The third-order valence-corrected chi connectivity index (χ3v) is 3.53. The van der Waals surface area contributed by atoms with Crippen LogP contribution >= 0.6 is 11.8 Å². The van der Waals surface area contributed by atoms with Crippen LogP contribution in [-0.2, 0) is 0 Å². The van der Waals surface area contributed by atoms with E-state index in [4.69, 9.17) is 5.11 Å². The largest absolute Gasteiger partial charge is 0.478 e. The van der Waals surface area contributed by atoms with Crippen molar-refractivity contribution in [2.45, 2.75) is 18.7 Å². The third kappa shape index (κ3) is 3.45. The lowest BCUT2D eigenvalue weighted by molar-refractivity contribution is -0.387. The lowest BCUT2D eigenvalue weighted by atomic mass is 10.2. The number of nitro benzene ring substituents is 1. The molecule has 1 rings (SSSR count). The molecule has 0 aliphatic carbocycles. The number of carboxylic acid groups (broad SMARTS) is 1. The second kappa shape index (κ2) is 5.67. The molecule has 0 saturated carbocycles. The number of thioether (sulfide) groups is 1. The first kappa shape index (κ1) is 13.5. The van der Waals surface area contributed by atoms with E-state index in [1.807, 2.05) is 13.8 Å². The summed E-state index contributed by atoms with van der Waals surface area (Å²) in [6.07, 6.45) is 0. The van der Waals surface area contributed by atoms with Gasteiger partial charge in [-0.3, -0.25) is 10.1 Å². The van der Waals surface area contributed by atoms with E-state index >= 15 is 0 Å². The van der Waals surface area contributed by atoms with E-state index in [-0.39, 0.29) is 16.1 Å². The van der Waals surface area contributed by atoms with Gasteiger partial charge in [0.2, 0.25) is 0 Å². The number of nitro groups is 1. The zero-order chi connectivity index (χ0) is 13.0. The quantitative estimate of drug-likeness (QED) is 0.497. The lowest BCUT2D eigenvalue weighted by Crippen LogP contribution is -2.03. The Bertz CT molecular complexity index is 413. The van der Waals surface area contributed by atoms with Crippen molar-refractivity contribution in [3.8, 4) is 0 Å². The molecule has 6 heteroatoms. The molecule has 0 aliphatic rings. The summed E-state index contributed by atoms with van der Waals surface area (Å²) in [4.78, 5) is 21.5. The van der Waals surface area contributed by atoms with Gasteiger partial charge < -0.3 is 5.11 Å². The second-order valence-electron chi connectivity index (χ2n) is 3.92. The maximum absolute atomic E-state index is 11.0. The first-order valence-corrected chi connectivity index (χ1v) is 6.05. The van der Waals surface area contributed by atoms with Crippen molar-refractivity contribution in [1.29, 1.82) is 0 Å². The molecule has 1 aromatic rings. The Labute approximate surface area is 103 Å². The average molecular weight is 255 g/mol. The Balaban J connectivity index is 3.19. The molecule has 0 fully saturated rings. The maximum Gasteiger partial charge on any atom is 0.337 e. The van der Waals surface area contributed by atoms with Crippen LogP contribution in [0.4, 0.5) is 5.69 Å². The van der Waals surface area contributed by atoms with E-state index < -0.39 is 10.9 Å². The van der Waals surface area contributed by atoms with Gasteiger partial charge in [0.05, 0.1) is 15.4 Å². The molecule has 92 valence electrons. The summed E-state index contributed by atoms with van der Waals surface area (Å²) >= 11 is 1.22. The maximum atomic E-state index is 11.0. The highest BCUT2D eigenvalue weighted by molar-refractivity contribution is 7.99. The van der Waals surface area contributed by atoms with Crippen LogP contribution in [0.15, 0.2) is 23.1 Å². The minimum atomic E-state index is -1.14. The van der Waals surface area contributed by atoms with Gasteiger partial charge in [-0.25, -0.2) is 4.79 Å². The number of benzene rings is 1. The summed E-state index contributed by atoms with van der Waals surface area (Å²) in [5.41, 5.74) is -0.152. The highest BCUT2D eigenvalue weighted by Gasteiger charge is 2.21. The predicted octanol–water partition coefficient (Wildman–Crippen LogP) is 3.04. The third-order valence-electron chi connectivity index (χ3n) is 1.98. The van der Waals surface area contributed by atoms with Crippen LogP contribution in [0.1, 0.15) is 24.2 Å². The molecule has 17 heavy (non-hydrogen) atoms. The molecule has 1 N–H and O–H groups in total. The SMILES string of the molecule is CC(C)CSc1c(C(=O)O)cccc1[N+](=O)[O-]. The Morgan fingerprint density at radius 3 is 2.65 bits per heavy atom. The zero-order valence-electron chi connectivity index (χ0n) is 9.54. The van der Waals surface area contributed by atoms with E-state index in [1.54, 1.807) is 0 Å². The molecular weight excluding hydrogens is 242 g/mol. The molecule has 0 atom stereocenters. The fraction of sp³-hybridized carbons (Fsp3) is 0.364. The molecule has 0 bridgehead atoms. The van der Waals surface area contributed by atoms with E-state index in [0.29, 0.717) is 11.7 Å². The molecule has 0 aromatic heterocycles. The number of hydrogen-bond donors (Lipinski definition) is 1. The molecule has 0 unspecified atom stereocenters. The Kier molecular flexibility index (Phi) is 4.51. The summed E-state index contributed by atoms with van der Waals surface area (Å²) < 4.78 is 0. The summed E-state index contributed by atoms with van der Waals surface area (Å²) in [7, 11) is 0. The number of carbonyl (C=O) groups is 1. The molecule has 0 radical (unpaired) electrons. The molecular formula is C11H13NO4S. The van der Waals surface area contributed by atoms with Crippen LogP contribution in [-0.4, -0.2) is 21.8 Å². The predicted molar refractivity (Wildman–Crippen MR) is 65.6 cm³/mol. The van der Waals surface area contributed by atoms with Gasteiger partial charge in [-0.2, -0.15) is 0 Å². The van der Waals surface area contributed by atoms with Crippen molar-refractivity contribution in [2.24, 2.45) is 5.92 Å². The average Bonchev–Trinajstić information content (AvgIpc) is 2.25. The normalized spacial score (nSPS) is 10.5. The lowest BCUT2D eigenvalue weighted by Gasteiger charge is -2.08. The first-order valence-electron chi connectivity index (χ1n) is 5.07. The number of rotatable bonds is 5. The second-order valence-corrected chi connectivity index (χ2v) is 4.95. The minimum Gasteiger partial charge on any atom is -0.478 e. The van der Waals surface area contributed by atoms with Gasteiger partial charge in [-0.05, 0) is 12.0 Å². The molecule has 0 amide bonds. The Hall–Kier alpha value is -1.56. The molecule has 1 aromatic carbocycles. The van der Waals surface area contributed by atoms with Gasteiger partial charge in [-0.15, -0.1) is 11.8 Å². The summed E-state index contributed by atoms with van der Waals surface area (Å²) in [5.74, 6) is -0.160. The fourth-order valence-corrected chi connectivity index (χ4v) is 2.34. The highest BCUT2D eigenvalue weighted by Crippen LogP contribution is 2.33. The minimum absolute atomic E-state index is 0.00940. The molecule has 5 nitrogen and oxygen atoms in total. The van der Waals surface area contributed by atoms with Crippen molar-refractivity contribution in [2.75, 3.05) is 5.75 Å². The van der Waals surface area contributed by atoms with E-state index in [9.17, 15) is 14.9 Å². The van der Waals surface area contributed by atoms with Crippen molar-refractivity contribution in [3.63, 3.8) is 0 Å². The van der Waals surface area contributed by atoms with Crippen molar-refractivity contribution < 1.29 is 14.8 Å². The monoisotopic (exact) mass is 255 g/mol. The smallest absolute Gasteiger partial charge is 0.337 e. The summed E-state index contributed by atoms with van der Waals surface area (Å²) in [6, 6.07) is 4.11. The standard InChI is InChI=1S/C11H13NO4S/c1-7(2)6-17-10-8(11(13)14)4-3-5-9(10)12(15)16/h3-5,7H,6H2,1-2H3,(H,13,14). The van der Waals surface area contributed by atoms with E-state index in [2.05, 4.69) is 0 Å². The van der Waals surface area contributed by atoms with Crippen molar-refractivity contribution >= 4 is 23.4 Å². The number of nitrogens with zero attached hydrogens (tertiary/aromatic N) is 1. The van der Waals surface area contributed by atoms with E-state index in [0.717, 1.165) is 0 Å². The molecule has 0 heterocycles. The summed E-state index contributed by atoms with van der Waals surface area (Å²) in [6.45, 7) is 3.95. The fourth-order valence-electron chi connectivity index (χ4n) is 1.24.